The van der Waals surface area contributed by atoms with Crippen LogP contribution in [0.2, 0.25) is 0 Å². The number of anilines is 1. The van der Waals surface area contributed by atoms with Crippen molar-refractivity contribution >= 4 is 39.3 Å². The van der Waals surface area contributed by atoms with Crippen molar-refractivity contribution < 1.29 is 19.0 Å². The first-order valence-electron chi connectivity index (χ1n) is 8.28. The summed E-state index contributed by atoms with van der Waals surface area (Å²) < 4.78 is 18.3. The van der Waals surface area contributed by atoms with Gasteiger partial charge in [0.15, 0.2) is 11.5 Å². The maximum atomic E-state index is 13.0. The first kappa shape index (κ1) is 20.9. The number of rotatable bonds is 7. The molecule has 0 saturated carbocycles. The van der Waals surface area contributed by atoms with Crippen LogP contribution in [-0.2, 0) is 7.05 Å². The van der Waals surface area contributed by atoms with Crippen molar-refractivity contribution in [1.82, 2.24) is 20.2 Å². The molecule has 3 rings (SSSR count). The summed E-state index contributed by atoms with van der Waals surface area (Å²) in [5.41, 5.74) is 0.899. The second-order valence-electron chi connectivity index (χ2n) is 5.69. The Labute approximate surface area is 179 Å². The Morgan fingerprint density at radius 2 is 1.76 bits per heavy atom. The SMILES string of the molecule is COc1cc(OC)c(C(=O)Nc2cc(Br)ccc2Sc2nnnn2C)cc1OC. The fraction of sp³-hybridized carbons (Fsp3) is 0.222. The predicted octanol–water partition coefficient (Wildman–Crippen LogP) is 3.40. The molecule has 0 aliphatic rings. The number of carbonyl (C=O) groups is 1. The van der Waals surface area contributed by atoms with Gasteiger partial charge >= 0.3 is 0 Å². The second kappa shape index (κ2) is 9.14. The molecule has 9 nitrogen and oxygen atoms in total. The van der Waals surface area contributed by atoms with Gasteiger partial charge in [0, 0.05) is 28.5 Å². The highest BCUT2D eigenvalue weighted by molar-refractivity contribution is 9.10. The summed E-state index contributed by atoms with van der Waals surface area (Å²) >= 11 is 4.77. The molecule has 0 unspecified atom stereocenters. The molecule has 0 bridgehead atoms. The average Bonchev–Trinajstić information content (AvgIpc) is 3.13. The van der Waals surface area contributed by atoms with Gasteiger partial charge in [-0.3, -0.25) is 4.79 Å². The van der Waals surface area contributed by atoms with Crippen LogP contribution in [0.15, 0.2) is 44.9 Å². The van der Waals surface area contributed by atoms with E-state index < -0.39 is 0 Å². The van der Waals surface area contributed by atoms with E-state index in [1.54, 1.807) is 29.9 Å². The minimum atomic E-state index is -0.362. The van der Waals surface area contributed by atoms with E-state index in [0.717, 1.165) is 9.37 Å². The van der Waals surface area contributed by atoms with Gasteiger partial charge in [-0.2, -0.15) is 0 Å². The summed E-state index contributed by atoms with van der Waals surface area (Å²) in [6, 6.07) is 8.72. The topological polar surface area (TPSA) is 100 Å². The van der Waals surface area contributed by atoms with Crippen LogP contribution in [0.4, 0.5) is 5.69 Å². The van der Waals surface area contributed by atoms with Crippen LogP contribution in [-0.4, -0.2) is 47.4 Å². The van der Waals surface area contributed by atoms with Crippen molar-refractivity contribution in [2.24, 2.45) is 7.05 Å². The van der Waals surface area contributed by atoms with Crippen LogP contribution in [0, 0.1) is 0 Å². The van der Waals surface area contributed by atoms with Crippen molar-refractivity contribution in [2.45, 2.75) is 10.1 Å². The molecule has 2 aromatic carbocycles. The second-order valence-corrected chi connectivity index (χ2v) is 7.61. The molecule has 29 heavy (non-hydrogen) atoms. The first-order valence-corrected chi connectivity index (χ1v) is 9.89. The van der Waals surface area contributed by atoms with Gasteiger partial charge in [0.25, 0.3) is 5.91 Å². The molecule has 0 saturated heterocycles. The zero-order valence-corrected chi connectivity index (χ0v) is 18.5. The van der Waals surface area contributed by atoms with E-state index in [-0.39, 0.29) is 5.91 Å². The number of tetrazole rings is 1. The van der Waals surface area contributed by atoms with Crippen LogP contribution < -0.4 is 19.5 Å². The zero-order valence-electron chi connectivity index (χ0n) is 16.1. The van der Waals surface area contributed by atoms with Crippen molar-refractivity contribution in [1.29, 1.82) is 0 Å². The molecular formula is C18H18BrN5O4S. The summed E-state index contributed by atoms with van der Waals surface area (Å²) in [5, 5.41) is 14.9. The van der Waals surface area contributed by atoms with Gasteiger partial charge in [0.05, 0.1) is 32.6 Å². The number of aryl methyl sites for hydroxylation is 1. The largest absolute Gasteiger partial charge is 0.496 e. The van der Waals surface area contributed by atoms with Gasteiger partial charge in [-0.15, -0.1) is 5.10 Å². The van der Waals surface area contributed by atoms with Crippen LogP contribution in [0.1, 0.15) is 10.4 Å². The number of hydrogen-bond donors (Lipinski definition) is 1. The van der Waals surface area contributed by atoms with Crippen molar-refractivity contribution in [2.75, 3.05) is 26.6 Å². The Morgan fingerprint density at radius 3 is 2.38 bits per heavy atom. The summed E-state index contributed by atoms with van der Waals surface area (Å²) in [7, 11) is 6.25. The van der Waals surface area contributed by atoms with Crippen molar-refractivity contribution in [3.8, 4) is 17.2 Å². The van der Waals surface area contributed by atoms with Gasteiger partial charge in [-0.05, 0) is 40.4 Å². The number of hydrogen-bond acceptors (Lipinski definition) is 8. The van der Waals surface area contributed by atoms with E-state index in [9.17, 15) is 4.79 Å². The number of aromatic nitrogens is 4. The molecule has 0 radical (unpaired) electrons. The lowest BCUT2D eigenvalue weighted by Gasteiger charge is -2.15. The van der Waals surface area contributed by atoms with Gasteiger partial charge in [-0.1, -0.05) is 15.9 Å². The van der Waals surface area contributed by atoms with Crippen LogP contribution in [0.5, 0.6) is 17.2 Å². The van der Waals surface area contributed by atoms with E-state index in [2.05, 4.69) is 36.8 Å². The summed E-state index contributed by atoms with van der Waals surface area (Å²) in [4.78, 5) is 13.8. The molecule has 152 valence electrons. The third-order valence-corrected chi connectivity index (χ3v) is 5.52. The molecular weight excluding hydrogens is 462 g/mol. The monoisotopic (exact) mass is 479 g/mol. The van der Waals surface area contributed by atoms with Crippen molar-refractivity contribution in [3.05, 3.63) is 40.4 Å². The first-order chi connectivity index (χ1) is 14.0. The van der Waals surface area contributed by atoms with Gasteiger partial charge in [-0.25, -0.2) is 4.68 Å². The molecule has 0 aliphatic heterocycles. The van der Waals surface area contributed by atoms with E-state index in [4.69, 9.17) is 14.2 Å². The summed E-state index contributed by atoms with van der Waals surface area (Å²) in [6.45, 7) is 0. The Bertz CT molecular complexity index is 1040. The predicted molar refractivity (Wildman–Crippen MR) is 111 cm³/mol. The zero-order chi connectivity index (χ0) is 21.0. The Balaban J connectivity index is 1.95. The molecule has 1 amide bonds. The van der Waals surface area contributed by atoms with E-state index in [1.165, 1.54) is 33.1 Å². The fourth-order valence-corrected chi connectivity index (χ4v) is 3.65. The molecule has 11 heteroatoms. The van der Waals surface area contributed by atoms with E-state index >= 15 is 0 Å². The molecule has 0 aliphatic carbocycles. The normalized spacial score (nSPS) is 10.5. The Morgan fingerprint density at radius 1 is 1.07 bits per heavy atom. The van der Waals surface area contributed by atoms with Crippen LogP contribution >= 0.6 is 27.7 Å². The molecule has 1 aromatic heterocycles. The number of methoxy groups -OCH3 is 3. The minimum Gasteiger partial charge on any atom is -0.496 e. The molecule has 0 fully saturated rings. The fourth-order valence-electron chi connectivity index (χ4n) is 2.49. The molecule has 0 spiro atoms. The minimum absolute atomic E-state index is 0.307. The van der Waals surface area contributed by atoms with E-state index in [1.807, 2.05) is 12.1 Å². The standard InChI is InChI=1S/C18H18BrN5O4S/c1-24-18(21-22-23-24)29-16-6-5-10(19)7-12(16)20-17(25)11-8-14(27-3)15(28-4)9-13(11)26-2/h5-9H,1-4H3,(H,20,25). The van der Waals surface area contributed by atoms with Gasteiger partial charge in [0.1, 0.15) is 5.75 Å². The van der Waals surface area contributed by atoms with E-state index in [0.29, 0.717) is 33.7 Å². The highest BCUT2D eigenvalue weighted by Crippen LogP contribution is 2.37. The molecule has 1 heterocycles. The third kappa shape index (κ3) is 4.62. The van der Waals surface area contributed by atoms with Gasteiger partial charge < -0.3 is 19.5 Å². The Hall–Kier alpha value is -2.79. The number of carbonyl (C=O) groups excluding carboxylic acids is 1. The third-order valence-electron chi connectivity index (χ3n) is 3.92. The number of amides is 1. The summed E-state index contributed by atoms with van der Waals surface area (Å²) in [6.07, 6.45) is 0. The lowest BCUT2D eigenvalue weighted by molar-refractivity contribution is 0.102. The molecule has 1 N–H and O–H groups in total. The van der Waals surface area contributed by atoms with Gasteiger partial charge in [0.2, 0.25) is 5.16 Å². The number of benzene rings is 2. The smallest absolute Gasteiger partial charge is 0.259 e. The lowest BCUT2D eigenvalue weighted by Crippen LogP contribution is -2.14. The van der Waals surface area contributed by atoms with Crippen molar-refractivity contribution in [3.63, 3.8) is 0 Å². The Kier molecular flexibility index (Phi) is 6.60. The molecule has 3 aromatic rings. The quantitative estimate of drug-likeness (QED) is 0.550. The maximum Gasteiger partial charge on any atom is 0.259 e. The van der Waals surface area contributed by atoms with Crippen LogP contribution in [0.25, 0.3) is 0 Å². The highest BCUT2D eigenvalue weighted by atomic mass is 79.9. The maximum absolute atomic E-state index is 13.0. The number of nitrogens with one attached hydrogen (secondary N) is 1. The lowest BCUT2D eigenvalue weighted by atomic mass is 10.1. The number of ether oxygens (including phenoxy) is 3. The number of halogens is 1. The average molecular weight is 480 g/mol. The molecule has 0 atom stereocenters. The number of nitrogens with zero attached hydrogens (tertiary/aromatic N) is 4. The highest BCUT2D eigenvalue weighted by Gasteiger charge is 2.19. The van der Waals surface area contributed by atoms with Crippen LogP contribution in [0.3, 0.4) is 0 Å². The summed E-state index contributed by atoms with van der Waals surface area (Å²) in [5.74, 6) is 0.891.